The van der Waals surface area contributed by atoms with Crippen molar-refractivity contribution in [3.63, 3.8) is 0 Å². The van der Waals surface area contributed by atoms with Crippen LogP contribution in [-0.4, -0.2) is 38.9 Å². The van der Waals surface area contributed by atoms with E-state index in [4.69, 9.17) is 14.2 Å². The molecule has 0 aliphatic rings. The molecule has 0 atom stereocenters. The molecule has 0 saturated carbocycles. The zero-order valence-electron chi connectivity index (χ0n) is 14.0. The van der Waals surface area contributed by atoms with Crippen LogP contribution >= 0.6 is 0 Å². The van der Waals surface area contributed by atoms with Crippen molar-refractivity contribution in [1.82, 2.24) is 5.32 Å². The Morgan fingerprint density at radius 3 is 2.08 bits per heavy atom. The van der Waals surface area contributed by atoms with Gasteiger partial charge in [0.25, 0.3) is 5.91 Å². The summed E-state index contributed by atoms with van der Waals surface area (Å²) in [5, 5.41) is 12.7. The molecule has 0 aromatic heterocycles. The second-order valence-electron chi connectivity index (χ2n) is 5.08. The van der Waals surface area contributed by atoms with E-state index >= 15 is 0 Å². The Labute approximate surface area is 141 Å². The molecule has 2 aromatic rings. The van der Waals surface area contributed by atoms with Gasteiger partial charge in [0.1, 0.15) is 5.75 Å². The third-order valence-electron chi connectivity index (χ3n) is 3.60. The molecule has 24 heavy (non-hydrogen) atoms. The maximum atomic E-state index is 12.3. The van der Waals surface area contributed by atoms with E-state index < -0.39 is 0 Å². The van der Waals surface area contributed by atoms with E-state index in [9.17, 15) is 9.90 Å². The lowest BCUT2D eigenvalue weighted by atomic mass is 10.1. The molecule has 2 aromatic carbocycles. The van der Waals surface area contributed by atoms with Crippen LogP contribution in [0, 0.1) is 0 Å². The maximum absolute atomic E-state index is 12.3. The van der Waals surface area contributed by atoms with Crippen LogP contribution in [0.4, 0.5) is 0 Å². The minimum atomic E-state index is -0.264. The summed E-state index contributed by atoms with van der Waals surface area (Å²) >= 11 is 0. The normalized spacial score (nSPS) is 10.1. The van der Waals surface area contributed by atoms with Crippen molar-refractivity contribution in [3.8, 4) is 23.0 Å². The Morgan fingerprint density at radius 2 is 1.58 bits per heavy atom. The summed E-state index contributed by atoms with van der Waals surface area (Å²) in [6.07, 6.45) is 0.697. The monoisotopic (exact) mass is 331 g/mol. The Balaban J connectivity index is 1.99. The number of aromatic hydroxyl groups is 1. The summed E-state index contributed by atoms with van der Waals surface area (Å²) in [6.45, 7) is 0.483. The Bertz CT molecular complexity index is 672. The molecular formula is C18H21NO5. The zero-order chi connectivity index (χ0) is 17.5. The van der Waals surface area contributed by atoms with Crippen molar-refractivity contribution >= 4 is 5.91 Å². The fraction of sp³-hybridized carbons (Fsp3) is 0.278. The van der Waals surface area contributed by atoms with E-state index in [0.717, 1.165) is 11.3 Å². The van der Waals surface area contributed by atoms with Crippen LogP contribution in [0.3, 0.4) is 0 Å². The molecule has 2 rings (SSSR count). The number of methoxy groups -OCH3 is 3. The van der Waals surface area contributed by atoms with E-state index in [2.05, 4.69) is 5.32 Å². The number of hydrogen-bond donors (Lipinski definition) is 2. The predicted octanol–water partition coefficient (Wildman–Crippen LogP) is 2.39. The average Bonchev–Trinajstić information content (AvgIpc) is 2.62. The van der Waals surface area contributed by atoms with Crippen LogP contribution in [0.15, 0.2) is 36.4 Å². The Morgan fingerprint density at radius 1 is 1.00 bits per heavy atom. The summed E-state index contributed by atoms with van der Waals surface area (Å²) < 4.78 is 15.2. The highest BCUT2D eigenvalue weighted by atomic mass is 16.5. The second-order valence-corrected chi connectivity index (χ2v) is 5.08. The number of carbonyl (C=O) groups excluding carboxylic acids is 1. The van der Waals surface area contributed by atoms with Crippen LogP contribution in [0.1, 0.15) is 15.9 Å². The van der Waals surface area contributed by atoms with Crippen LogP contribution in [-0.2, 0) is 6.42 Å². The molecule has 0 aliphatic carbocycles. The van der Waals surface area contributed by atoms with E-state index in [0.29, 0.717) is 18.5 Å². The quantitative estimate of drug-likeness (QED) is 0.815. The molecule has 0 fully saturated rings. The molecule has 0 bridgehead atoms. The number of benzene rings is 2. The van der Waals surface area contributed by atoms with Crippen molar-refractivity contribution in [1.29, 1.82) is 0 Å². The average molecular weight is 331 g/mol. The van der Waals surface area contributed by atoms with Gasteiger partial charge in [-0.25, -0.2) is 0 Å². The molecule has 0 radical (unpaired) electrons. The third kappa shape index (κ3) is 4.10. The highest BCUT2D eigenvalue weighted by Crippen LogP contribution is 2.36. The third-order valence-corrected chi connectivity index (χ3v) is 3.60. The lowest BCUT2D eigenvalue weighted by Crippen LogP contribution is -2.25. The number of phenols is 1. The summed E-state index contributed by atoms with van der Waals surface area (Å²) in [5.74, 6) is 0.783. The minimum absolute atomic E-state index is 0.130. The molecule has 0 saturated heterocycles. The number of ether oxygens (including phenoxy) is 3. The van der Waals surface area contributed by atoms with Gasteiger partial charge in [-0.15, -0.1) is 0 Å². The van der Waals surface area contributed by atoms with Crippen LogP contribution < -0.4 is 19.5 Å². The first-order valence-corrected chi connectivity index (χ1v) is 7.45. The topological polar surface area (TPSA) is 77.0 Å². The van der Waals surface area contributed by atoms with Gasteiger partial charge in [0, 0.05) is 12.1 Å². The predicted molar refractivity (Wildman–Crippen MR) is 90.2 cm³/mol. The molecule has 0 spiro atoms. The van der Waals surface area contributed by atoms with Gasteiger partial charge in [-0.05, 0) is 36.2 Å². The minimum Gasteiger partial charge on any atom is -0.502 e. The van der Waals surface area contributed by atoms with Crippen molar-refractivity contribution in [2.75, 3.05) is 27.9 Å². The zero-order valence-corrected chi connectivity index (χ0v) is 14.0. The van der Waals surface area contributed by atoms with Crippen molar-refractivity contribution < 1.29 is 24.1 Å². The fourth-order valence-corrected chi connectivity index (χ4v) is 2.24. The Kier molecular flexibility index (Phi) is 5.89. The highest BCUT2D eigenvalue weighted by Gasteiger charge is 2.15. The van der Waals surface area contributed by atoms with E-state index in [1.165, 1.54) is 26.4 Å². The van der Waals surface area contributed by atoms with Gasteiger partial charge in [0.05, 0.1) is 21.3 Å². The van der Waals surface area contributed by atoms with Crippen molar-refractivity contribution in [3.05, 3.63) is 47.5 Å². The first kappa shape index (κ1) is 17.5. The summed E-state index contributed by atoms with van der Waals surface area (Å²) in [5.41, 5.74) is 1.45. The molecule has 2 N–H and O–H groups in total. The first-order valence-electron chi connectivity index (χ1n) is 7.45. The van der Waals surface area contributed by atoms with Gasteiger partial charge in [-0.1, -0.05) is 12.1 Å². The number of hydrogen-bond acceptors (Lipinski definition) is 5. The first-order chi connectivity index (χ1) is 11.6. The van der Waals surface area contributed by atoms with Gasteiger partial charge in [-0.2, -0.15) is 0 Å². The number of rotatable bonds is 7. The van der Waals surface area contributed by atoms with Gasteiger partial charge in [0.15, 0.2) is 11.5 Å². The fourth-order valence-electron chi connectivity index (χ4n) is 2.24. The lowest BCUT2D eigenvalue weighted by Gasteiger charge is -2.11. The van der Waals surface area contributed by atoms with Crippen LogP contribution in [0.25, 0.3) is 0 Å². The molecule has 6 nitrogen and oxygen atoms in total. The molecule has 0 heterocycles. The molecular weight excluding hydrogens is 310 g/mol. The summed E-state index contributed by atoms with van der Waals surface area (Å²) in [4.78, 5) is 12.3. The van der Waals surface area contributed by atoms with Crippen LogP contribution in [0.2, 0.25) is 0 Å². The number of nitrogens with one attached hydrogen (secondary N) is 1. The largest absolute Gasteiger partial charge is 0.502 e. The number of phenolic OH excluding ortho intramolecular Hbond substituents is 1. The molecule has 0 aliphatic heterocycles. The van der Waals surface area contributed by atoms with E-state index in [1.807, 2.05) is 24.3 Å². The maximum Gasteiger partial charge on any atom is 0.251 e. The Hall–Kier alpha value is -2.89. The second kappa shape index (κ2) is 8.10. The van der Waals surface area contributed by atoms with Gasteiger partial charge in [-0.3, -0.25) is 4.79 Å². The van der Waals surface area contributed by atoms with Crippen molar-refractivity contribution in [2.24, 2.45) is 0 Å². The van der Waals surface area contributed by atoms with E-state index in [-0.39, 0.29) is 23.2 Å². The summed E-state index contributed by atoms with van der Waals surface area (Å²) in [7, 11) is 4.45. The SMILES string of the molecule is COc1ccc(CCNC(=O)c2cc(OC)c(O)c(OC)c2)cc1. The van der Waals surface area contributed by atoms with Crippen molar-refractivity contribution in [2.45, 2.75) is 6.42 Å². The molecule has 128 valence electrons. The number of amides is 1. The van der Waals surface area contributed by atoms with E-state index in [1.54, 1.807) is 7.11 Å². The standard InChI is InChI=1S/C18H21NO5/c1-22-14-6-4-12(5-7-14)8-9-19-18(21)13-10-15(23-2)17(20)16(11-13)24-3/h4-7,10-11,20H,8-9H2,1-3H3,(H,19,21). The molecule has 6 heteroatoms. The van der Waals surface area contributed by atoms with Crippen LogP contribution in [0.5, 0.6) is 23.0 Å². The van der Waals surface area contributed by atoms with Gasteiger partial charge in [0.2, 0.25) is 5.75 Å². The number of carbonyl (C=O) groups is 1. The lowest BCUT2D eigenvalue weighted by molar-refractivity contribution is 0.0953. The summed E-state index contributed by atoms with van der Waals surface area (Å²) in [6, 6.07) is 10.6. The molecule has 1 amide bonds. The highest BCUT2D eigenvalue weighted by molar-refractivity contribution is 5.95. The molecule has 0 unspecified atom stereocenters. The van der Waals surface area contributed by atoms with Gasteiger partial charge < -0.3 is 24.6 Å². The van der Waals surface area contributed by atoms with Gasteiger partial charge >= 0.3 is 0 Å². The smallest absolute Gasteiger partial charge is 0.251 e.